The van der Waals surface area contributed by atoms with Crippen molar-refractivity contribution in [3.8, 4) is 17.2 Å². The lowest BCUT2D eigenvalue weighted by Gasteiger charge is -2.05. The van der Waals surface area contributed by atoms with Crippen molar-refractivity contribution in [2.24, 2.45) is 0 Å². The second-order valence-corrected chi connectivity index (χ2v) is 6.14. The zero-order chi connectivity index (χ0) is 18.6. The highest BCUT2D eigenvalue weighted by Crippen LogP contribution is 2.27. The fourth-order valence-electron chi connectivity index (χ4n) is 2.85. The van der Waals surface area contributed by atoms with Gasteiger partial charge in [-0.15, -0.1) is 0 Å². The minimum absolute atomic E-state index is 0.0737. The third-order valence-corrected chi connectivity index (χ3v) is 4.22. The number of amides is 1. The molecule has 0 aliphatic heterocycles. The number of ether oxygens (including phenoxy) is 1. The summed E-state index contributed by atoms with van der Waals surface area (Å²) in [5.41, 5.74) is 3.88. The summed E-state index contributed by atoms with van der Waals surface area (Å²) in [6, 6.07) is 22.6. The highest BCUT2D eigenvalue weighted by molar-refractivity contribution is 5.94. The number of nitrogens with zero attached hydrogens (tertiary/aromatic N) is 1. The highest BCUT2D eigenvalue weighted by Gasteiger charge is 2.10. The molecule has 4 aromatic rings. The Bertz CT molecular complexity index is 1070. The molecule has 27 heavy (non-hydrogen) atoms. The summed E-state index contributed by atoms with van der Waals surface area (Å²) in [4.78, 5) is 16.7. The van der Waals surface area contributed by atoms with E-state index in [1.165, 1.54) is 0 Å². The summed E-state index contributed by atoms with van der Waals surface area (Å²) in [6.45, 7) is 0. The molecule has 3 aromatic carbocycles. The van der Waals surface area contributed by atoms with Crippen LogP contribution in [0.15, 0.2) is 77.2 Å². The molecule has 1 N–H and O–H groups in total. The van der Waals surface area contributed by atoms with Crippen molar-refractivity contribution >= 4 is 22.7 Å². The topological polar surface area (TPSA) is 64.4 Å². The summed E-state index contributed by atoms with van der Waals surface area (Å²) >= 11 is 0. The van der Waals surface area contributed by atoms with Crippen LogP contribution in [0.25, 0.3) is 22.6 Å². The van der Waals surface area contributed by atoms with E-state index in [1.54, 1.807) is 13.2 Å². The normalized spacial score (nSPS) is 10.7. The van der Waals surface area contributed by atoms with Crippen LogP contribution >= 0.6 is 0 Å². The van der Waals surface area contributed by atoms with Crippen LogP contribution in [0.1, 0.15) is 5.56 Å². The van der Waals surface area contributed by atoms with Crippen LogP contribution in [0, 0.1) is 0 Å². The number of carbonyl (C=O) groups excluding carboxylic acids is 1. The molecule has 0 saturated heterocycles. The molecule has 0 fully saturated rings. The van der Waals surface area contributed by atoms with Crippen LogP contribution < -0.4 is 10.1 Å². The third kappa shape index (κ3) is 3.82. The van der Waals surface area contributed by atoms with Crippen molar-refractivity contribution in [2.75, 3.05) is 12.4 Å². The van der Waals surface area contributed by atoms with E-state index in [-0.39, 0.29) is 5.91 Å². The zero-order valence-corrected chi connectivity index (χ0v) is 14.8. The Labute approximate surface area is 156 Å². The lowest BCUT2D eigenvalue weighted by atomic mass is 10.1. The van der Waals surface area contributed by atoms with Crippen molar-refractivity contribution < 1.29 is 13.9 Å². The SMILES string of the molecule is COc1ccc(-c2nc3ccc(NC(=O)Cc4ccccc4)cc3o2)cc1. The van der Waals surface area contributed by atoms with Crippen molar-refractivity contribution in [3.05, 3.63) is 78.4 Å². The first-order chi connectivity index (χ1) is 13.2. The molecule has 0 aliphatic rings. The van der Waals surface area contributed by atoms with E-state index < -0.39 is 0 Å². The molecule has 5 nitrogen and oxygen atoms in total. The van der Waals surface area contributed by atoms with Gasteiger partial charge in [-0.25, -0.2) is 4.98 Å². The summed E-state index contributed by atoms with van der Waals surface area (Å²) in [6.07, 6.45) is 0.326. The number of oxazole rings is 1. The van der Waals surface area contributed by atoms with Gasteiger partial charge in [0.1, 0.15) is 11.3 Å². The molecule has 0 aliphatic carbocycles. The van der Waals surface area contributed by atoms with Crippen LogP contribution in [-0.2, 0) is 11.2 Å². The lowest BCUT2D eigenvalue weighted by Crippen LogP contribution is -2.14. The van der Waals surface area contributed by atoms with Gasteiger partial charge in [-0.1, -0.05) is 30.3 Å². The minimum atomic E-state index is -0.0737. The first-order valence-corrected chi connectivity index (χ1v) is 8.60. The van der Waals surface area contributed by atoms with Gasteiger partial charge in [0, 0.05) is 17.3 Å². The number of nitrogens with one attached hydrogen (secondary N) is 1. The monoisotopic (exact) mass is 358 g/mol. The number of fused-ring (bicyclic) bond motifs is 1. The van der Waals surface area contributed by atoms with E-state index in [2.05, 4.69) is 10.3 Å². The number of hydrogen-bond donors (Lipinski definition) is 1. The molecule has 0 unspecified atom stereocenters. The van der Waals surface area contributed by atoms with Crippen molar-refractivity contribution in [3.63, 3.8) is 0 Å². The predicted molar refractivity (Wildman–Crippen MR) is 105 cm³/mol. The second-order valence-electron chi connectivity index (χ2n) is 6.14. The van der Waals surface area contributed by atoms with E-state index in [4.69, 9.17) is 9.15 Å². The Morgan fingerprint density at radius 1 is 1.04 bits per heavy atom. The van der Waals surface area contributed by atoms with Gasteiger partial charge in [-0.3, -0.25) is 4.79 Å². The van der Waals surface area contributed by atoms with Gasteiger partial charge < -0.3 is 14.5 Å². The molecule has 1 aromatic heterocycles. The van der Waals surface area contributed by atoms with Crippen molar-refractivity contribution in [1.82, 2.24) is 4.98 Å². The molecule has 1 amide bonds. The minimum Gasteiger partial charge on any atom is -0.497 e. The molecule has 4 rings (SSSR count). The second kappa shape index (κ2) is 7.33. The van der Waals surface area contributed by atoms with Crippen LogP contribution in [-0.4, -0.2) is 18.0 Å². The zero-order valence-electron chi connectivity index (χ0n) is 14.8. The quantitative estimate of drug-likeness (QED) is 0.562. The fourth-order valence-corrected chi connectivity index (χ4v) is 2.85. The fraction of sp³-hybridized carbons (Fsp3) is 0.0909. The van der Waals surface area contributed by atoms with Gasteiger partial charge in [0.25, 0.3) is 0 Å². The highest BCUT2D eigenvalue weighted by atomic mass is 16.5. The number of rotatable bonds is 5. The van der Waals surface area contributed by atoms with Gasteiger partial charge in [0.15, 0.2) is 5.58 Å². The summed E-state index contributed by atoms with van der Waals surface area (Å²) < 4.78 is 11.0. The molecule has 0 radical (unpaired) electrons. The average Bonchev–Trinajstić information content (AvgIpc) is 3.12. The van der Waals surface area contributed by atoms with Gasteiger partial charge in [0.2, 0.25) is 11.8 Å². The smallest absolute Gasteiger partial charge is 0.228 e. The largest absolute Gasteiger partial charge is 0.497 e. The molecule has 0 spiro atoms. The summed E-state index contributed by atoms with van der Waals surface area (Å²) in [5.74, 6) is 1.23. The van der Waals surface area contributed by atoms with E-state index in [0.29, 0.717) is 23.6 Å². The number of hydrogen-bond acceptors (Lipinski definition) is 4. The maximum absolute atomic E-state index is 12.2. The number of benzene rings is 3. The van der Waals surface area contributed by atoms with Crippen LogP contribution in [0.3, 0.4) is 0 Å². The Balaban J connectivity index is 1.52. The van der Waals surface area contributed by atoms with Gasteiger partial charge in [-0.2, -0.15) is 0 Å². The van der Waals surface area contributed by atoms with E-state index >= 15 is 0 Å². The maximum atomic E-state index is 12.2. The molecule has 0 atom stereocenters. The number of anilines is 1. The lowest BCUT2D eigenvalue weighted by molar-refractivity contribution is -0.115. The Hall–Kier alpha value is -3.60. The molecule has 134 valence electrons. The van der Waals surface area contributed by atoms with Crippen molar-refractivity contribution in [1.29, 1.82) is 0 Å². The Morgan fingerprint density at radius 3 is 2.56 bits per heavy atom. The number of aromatic nitrogens is 1. The van der Waals surface area contributed by atoms with Gasteiger partial charge in [-0.05, 0) is 42.0 Å². The van der Waals surface area contributed by atoms with Crippen LogP contribution in [0.2, 0.25) is 0 Å². The van der Waals surface area contributed by atoms with Crippen LogP contribution in [0.4, 0.5) is 5.69 Å². The maximum Gasteiger partial charge on any atom is 0.228 e. The van der Waals surface area contributed by atoms with E-state index in [1.807, 2.05) is 66.7 Å². The Morgan fingerprint density at radius 2 is 1.81 bits per heavy atom. The molecular formula is C22H18N2O3. The predicted octanol–water partition coefficient (Wildman–Crippen LogP) is 4.68. The molecule has 0 bridgehead atoms. The van der Waals surface area contributed by atoms with E-state index in [9.17, 15) is 4.79 Å². The first-order valence-electron chi connectivity index (χ1n) is 8.60. The van der Waals surface area contributed by atoms with Crippen LogP contribution in [0.5, 0.6) is 5.75 Å². The summed E-state index contributed by atoms with van der Waals surface area (Å²) in [7, 11) is 1.63. The van der Waals surface area contributed by atoms with E-state index in [0.717, 1.165) is 22.4 Å². The van der Waals surface area contributed by atoms with Gasteiger partial charge >= 0.3 is 0 Å². The third-order valence-electron chi connectivity index (χ3n) is 4.22. The van der Waals surface area contributed by atoms with Crippen molar-refractivity contribution in [2.45, 2.75) is 6.42 Å². The summed E-state index contributed by atoms with van der Waals surface area (Å²) in [5, 5.41) is 2.90. The molecular weight excluding hydrogens is 340 g/mol. The first kappa shape index (κ1) is 16.8. The number of carbonyl (C=O) groups is 1. The molecule has 1 heterocycles. The van der Waals surface area contributed by atoms with Gasteiger partial charge in [0.05, 0.1) is 13.5 Å². The Kier molecular flexibility index (Phi) is 4.58. The average molecular weight is 358 g/mol. The standard InChI is InChI=1S/C22H18N2O3/c1-26-18-10-7-16(8-11-18)22-24-19-12-9-17(14-20(19)27-22)23-21(25)13-15-5-3-2-4-6-15/h2-12,14H,13H2,1H3,(H,23,25). The molecule has 0 saturated carbocycles. The molecule has 5 heteroatoms. The number of methoxy groups -OCH3 is 1.